The second kappa shape index (κ2) is 9.50. The molecular formula is C22H23BrN4O2S2. The highest BCUT2D eigenvalue weighted by Crippen LogP contribution is 2.40. The van der Waals surface area contributed by atoms with Crippen LogP contribution >= 0.6 is 39.5 Å². The topological polar surface area (TPSA) is 68.2 Å². The van der Waals surface area contributed by atoms with Crippen LogP contribution in [-0.4, -0.2) is 28.0 Å². The third-order valence-electron chi connectivity index (χ3n) is 5.28. The van der Waals surface area contributed by atoms with E-state index in [0.717, 1.165) is 45.6 Å². The average molecular weight is 519 g/mol. The predicted molar refractivity (Wildman–Crippen MR) is 132 cm³/mol. The standard InChI is InChI=1S/C22H23BrN4O2S2/c1-13-3-8-17-18(9-13)31-20(19(17)21(28)29-2)26-22(30)25-16-10-24-27(12-16)11-14-4-6-15(23)7-5-14/h4-7,10,12-13H,3,8-9,11H2,1-2H3,(H2,25,26,30). The Kier molecular flexibility index (Phi) is 6.74. The van der Waals surface area contributed by atoms with E-state index < -0.39 is 0 Å². The first-order chi connectivity index (χ1) is 14.9. The van der Waals surface area contributed by atoms with Crippen LogP contribution in [0.1, 0.15) is 39.7 Å². The van der Waals surface area contributed by atoms with Gasteiger partial charge in [0.2, 0.25) is 0 Å². The summed E-state index contributed by atoms with van der Waals surface area (Å²) in [5, 5.41) is 11.9. The number of ether oxygens (including phenoxy) is 1. The molecule has 2 N–H and O–H groups in total. The number of thiocarbonyl (C=S) groups is 1. The summed E-state index contributed by atoms with van der Waals surface area (Å²) < 4.78 is 7.94. The number of rotatable bonds is 5. The molecule has 0 spiro atoms. The fourth-order valence-corrected chi connectivity index (χ4v) is 5.67. The van der Waals surface area contributed by atoms with E-state index in [1.54, 1.807) is 17.5 Å². The highest BCUT2D eigenvalue weighted by atomic mass is 79.9. The third-order valence-corrected chi connectivity index (χ3v) is 7.18. The fourth-order valence-electron chi connectivity index (χ4n) is 3.71. The zero-order chi connectivity index (χ0) is 22.0. The first-order valence-corrected chi connectivity index (χ1v) is 12.0. The number of hydrogen-bond acceptors (Lipinski definition) is 5. The molecule has 2 aromatic heterocycles. The SMILES string of the molecule is COC(=O)c1c(NC(=S)Nc2cnn(Cc3ccc(Br)cc3)c2)sc2c1CCC(C)C2. The van der Waals surface area contributed by atoms with Crippen molar-refractivity contribution in [2.45, 2.75) is 32.7 Å². The summed E-state index contributed by atoms with van der Waals surface area (Å²) in [6, 6.07) is 8.13. The van der Waals surface area contributed by atoms with Crippen molar-refractivity contribution in [3.63, 3.8) is 0 Å². The van der Waals surface area contributed by atoms with Crippen LogP contribution in [0, 0.1) is 5.92 Å². The lowest BCUT2D eigenvalue weighted by Gasteiger charge is -2.18. The lowest BCUT2D eigenvalue weighted by Crippen LogP contribution is -2.20. The van der Waals surface area contributed by atoms with Gasteiger partial charge in [-0.1, -0.05) is 35.0 Å². The smallest absolute Gasteiger partial charge is 0.341 e. The normalized spacial score (nSPS) is 15.3. The van der Waals surface area contributed by atoms with Crippen LogP contribution in [0.4, 0.5) is 10.7 Å². The number of halogens is 1. The molecule has 31 heavy (non-hydrogen) atoms. The molecule has 0 saturated heterocycles. The number of nitrogens with one attached hydrogen (secondary N) is 2. The predicted octanol–water partition coefficient (Wildman–Crippen LogP) is 5.48. The number of fused-ring (bicyclic) bond motifs is 1. The van der Waals surface area contributed by atoms with Gasteiger partial charge in [0, 0.05) is 15.5 Å². The van der Waals surface area contributed by atoms with Crippen molar-refractivity contribution in [3.05, 3.63) is 62.7 Å². The number of carbonyl (C=O) groups excluding carboxylic acids is 1. The molecule has 0 aliphatic heterocycles. The summed E-state index contributed by atoms with van der Waals surface area (Å²) in [6.45, 7) is 2.91. The molecule has 3 aromatic rings. The molecule has 0 fully saturated rings. The minimum absolute atomic E-state index is 0.320. The van der Waals surface area contributed by atoms with Crippen LogP contribution in [0.15, 0.2) is 41.1 Å². The van der Waals surface area contributed by atoms with Gasteiger partial charge in [0.05, 0.1) is 31.1 Å². The van der Waals surface area contributed by atoms with Crippen molar-refractivity contribution in [1.29, 1.82) is 0 Å². The van der Waals surface area contributed by atoms with Crippen molar-refractivity contribution < 1.29 is 9.53 Å². The minimum atomic E-state index is -0.320. The summed E-state index contributed by atoms with van der Waals surface area (Å²) in [5.41, 5.74) is 3.65. The molecule has 9 heteroatoms. The van der Waals surface area contributed by atoms with Gasteiger partial charge in [-0.15, -0.1) is 11.3 Å². The molecule has 0 radical (unpaired) electrons. The molecule has 1 aliphatic rings. The molecular weight excluding hydrogens is 496 g/mol. The summed E-state index contributed by atoms with van der Waals surface area (Å²) in [5.74, 6) is 0.297. The Morgan fingerprint density at radius 3 is 2.87 bits per heavy atom. The molecule has 0 saturated carbocycles. The number of carbonyl (C=O) groups is 1. The van der Waals surface area contributed by atoms with Crippen molar-refractivity contribution in [1.82, 2.24) is 9.78 Å². The van der Waals surface area contributed by atoms with Gasteiger partial charge >= 0.3 is 5.97 Å². The lowest BCUT2D eigenvalue weighted by molar-refractivity contribution is 0.0601. The van der Waals surface area contributed by atoms with E-state index in [2.05, 4.69) is 50.7 Å². The van der Waals surface area contributed by atoms with E-state index in [0.29, 0.717) is 23.1 Å². The van der Waals surface area contributed by atoms with Gasteiger partial charge in [-0.3, -0.25) is 4.68 Å². The summed E-state index contributed by atoms with van der Waals surface area (Å²) in [7, 11) is 1.41. The number of esters is 1. The summed E-state index contributed by atoms with van der Waals surface area (Å²) >= 11 is 10.5. The Morgan fingerprint density at radius 1 is 1.35 bits per heavy atom. The van der Waals surface area contributed by atoms with Gasteiger partial charge < -0.3 is 15.4 Å². The molecule has 0 amide bonds. The molecule has 4 rings (SSSR count). The number of nitrogens with zero attached hydrogens (tertiary/aromatic N) is 2. The van der Waals surface area contributed by atoms with Gasteiger partial charge in [0.1, 0.15) is 5.00 Å². The Labute approximate surface area is 199 Å². The van der Waals surface area contributed by atoms with E-state index in [-0.39, 0.29) is 5.97 Å². The largest absolute Gasteiger partial charge is 0.465 e. The van der Waals surface area contributed by atoms with Crippen LogP contribution in [0.25, 0.3) is 0 Å². The van der Waals surface area contributed by atoms with Crippen LogP contribution < -0.4 is 10.6 Å². The number of thiophene rings is 1. The lowest BCUT2D eigenvalue weighted by atomic mass is 9.88. The van der Waals surface area contributed by atoms with Gasteiger partial charge in [0.15, 0.2) is 5.11 Å². The van der Waals surface area contributed by atoms with Crippen LogP contribution in [0.2, 0.25) is 0 Å². The quantitative estimate of drug-likeness (QED) is 0.344. The van der Waals surface area contributed by atoms with Crippen molar-refractivity contribution >= 4 is 61.3 Å². The highest BCUT2D eigenvalue weighted by Gasteiger charge is 2.28. The van der Waals surface area contributed by atoms with Gasteiger partial charge in [-0.05, 0) is 60.7 Å². The van der Waals surface area contributed by atoms with Crippen LogP contribution in [0.5, 0.6) is 0 Å². The van der Waals surface area contributed by atoms with E-state index in [9.17, 15) is 4.79 Å². The Balaban J connectivity index is 1.45. The van der Waals surface area contributed by atoms with E-state index >= 15 is 0 Å². The molecule has 1 aromatic carbocycles. The number of benzene rings is 1. The monoisotopic (exact) mass is 518 g/mol. The first-order valence-electron chi connectivity index (χ1n) is 10.0. The summed E-state index contributed by atoms with van der Waals surface area (Å²) in [6.07, 6.45) is 6.58. The number of methoxy groups -OCH3 is 1. The Morgan fingerprint density at radius 2 is 2.13 bits per heavy atom. The van der Waals surface area contributed by atoms with E-state index in [4.69, 9.17) is 17.0 Å². The molecule has 1 atom stereocenters. The molecule has 2 heterocycles. The second-order valence-electron chi connectivity index (χ2n) is 7.68. The minimum Gasteiger partial charge on any atom is -0.465 e. The Bertz CT molecular complexity index is 1110. The average Bonchev–Trinajstić information content (AvgIpc) is 3.32. The molecule has 1 unspecified atom stereocenters. The zero-order valence-corrected chi connectivity index (χ0v) is 20.5. The Hall–Kier alpha value is -2.23. The third kappa shape index (κ3) is 5.16. The zero-order valence-electron chi connectivity index (χ0n) is 17.3. The number of aromatic nitrogens is 2. The van der Waals surface area contributed by atoms with Gasteiger partial charge in [-0.2, -0.15) is 5.10 Å². The maximum Gasteiger partial charge on any atom is 0.341 e. The van der Waals surface area contributed by atoms with Crippen LogP contribution in [-0.2, 0) is 24.1 Å². The van der Waals surface area contributed by atoms with Crippen molar-refractivity contribution in [2.75, 3.05) is 17.7 Å². The van der Waals surface area contributed by atoms with Gasteiger partial charge in [0.25, 0.3) is 0 Å². The molecule has 162 valence electrons. The highest BCUT2D eigenvalue weighted by molar-refractivity contribution is 9.10. The fraction of sp³-hybridized carbons (Fsp3) is 0.318. The van der Waals surface area contributed by atoms with E-state index in [1.165, 1.54) is 12.0 Å². The summed E-state index contributed by atoms with van der Waals surface area (Å²) in [4.78, 5) is 13.7. The molecule has 6 nitrogen and oxygen atoms in total. The second-order valence-corrected chi connectivity index (χ2v) is 10.1. The molecule has 1 aliphatic carbocycles. The number of anilines is 2. The maximum atomic E-state index is 12.5. The van der Waals surface area contributed by atoms with Crippen molar-refractivity contribution in [3.8, 4) is 0 Å². The number of hydrogen-bond donors (Lipinski definition) is 2. The van der Waals surface area contributed by atoms with E-state index in [1.807, 2.05) is 23.0 Å². The van der Waals surface area contributed by atoms with Gasteiger partial charge in [-0.25, -0.2) is 4.79 Å². The maximum absolute atomic E-state index is 12.5. The van der Waals surface area contributed by atoms with Crippen molar-refractivity contribution in [2.24, 2.45) is 5.92 Å². The first kappa shape index (κ1) is 22.0. The molecule has 0 bridgehead atoms. The van der Waals surface area contributed by atoms with Crippen LogP contribution in [0.3, 0.4) is 0 Å².